The van der Waals surface area contributed by atoms with Crippen LogP contribution in [0.2, 0.25) is 0 Å². The van der Waals surface area contributed by atoms with E-state index in [1.807, 2.05) is 53.8 Å². The van der Waals surface area contributed by atoms with Gasteiger partial charge in [0.15, 0.2) is 0 Å². The first-order chi connectivity index (χ1) is 17.8. The summed E-state index contributed by atoms with van der Waals surface area (Å²) in [5.41, 5.74) is 2.88. The van der Waals surface area contributed by atoms with E-state index in [1.54, 1.807) is 19.2 Å². The van der Waals surface area contributed by atoms with E-state index in [9.17, 15) is 13.2 Å². The Balaban J connectivity index is 1.27. The minimum atomic E-state index is -3.69. The molecule has 37 heavy (non-hydrogen) atoms. The molecule has 1 aromatic heterocycles. The summed E-state index contributed by atoms with van der Waals surface area (Å²) in [6.45, 7) is 3.81. The summed E-state index contributed by atoms with van der Waals surface area (Å²) >= 11 is 0. The van der Waals surface area contributed by atoms with Crippen LogP contribution in [0, 0.1) is 5.92 Å². The molecule has 198 valence electrons. The molecule has 1 amide bonds. The highest BCUT2D eigenvalue weighted by Crippen LogP contribution is 2.31. The number of morpholine rings is 1. The molecular formula is C28H35N3O5S. The number of carbonyl (C=O) groups excluding carboxylic acids is 1. The summed E-state index contributed by atoms with van der Waals surface area (Å²) < 4.78 is 42.2. The number of benzene rings is 2. The number of sulfonamides is 1. The Bertz CT molecular complexity index is 1370. The van der Waals surface area contributed by atoms with Gasteiger partial charge in [-0.15, -0.1) is 0 Å². The van der Waals surface area contributed by atoms with E-state index < -0.39 is 10.0 Å². The Morgan fingerprint density at radius 1 is 1.05 bits per heavy atom. The SMILES string of the molecule is COc1ccc(-c2cc3ccc(S(=O)(=O)N[C@H]4CC[C@H](C(=O)N5CCOC[C@@H]5C)CC4)cc3n2C)cc1. The molecule has 8 nitrogen and oxygen atoms in total. The number of rotatable bonds is 6. The van der Waals surface area contributed by atoms with Gasteiger partial charge < -0.3 is 18.9 Å². The molecule has 1 aliphatic heterocycles. The normalized spacial score (nSPS) is 22.8. The summed E-state index contributed by atoms with van der Waals surface area (Å²) in [6, 6.07) is 15.1. The number of nitrogens with one attached hydrogen (secondary N) is 1. The molecule has 2 aromatic carbocycles. The topological polar surface area (TPSA) is 89.9 Å². The fourth-order valence-electron chi connectivity index (χ4n) is 5.55. The van der Waals surface area contributed by atoms with Crippen molar-refractivity contribution < 1.29 is 22.7 Å². The molecule has 1 saturated heterocycles. The zero-order chi connectivity index (χ0) is 26.2. The highest BCUT2D eigenvalue weighted by atomic mass is 32.2. The van der Waals surface area contributed by atoms with Crippen LogP contribution in [0.25, 0.3) is 22.2 Å². The third kappa shape index (κ3) is 5.26. The summed E-state index contributed by atoms with van der Waals surface area (Å²) in [7, 11) is -0.110. The van der Waals surface area contributed by atoms with E-state index in [4.69, 9.17) is 9.47 Å². The first kappa shape index (κ1) is 25.8. The number of aryl methyl sites for hydroxylation is 1. The van der Waals surface area contributed by atoms with E-state index in [2.05, 4.69) is 10.8 Å². The van der Waals surface area contributed by atoms with Gasteiger partial charge in [0, 0.05) is 42.1 Å². The maximum atomic E-state index is 13.3. The second kappa shape index (κ2) is 10.5. The Labute approximate surface area is 218 Å². The molecule has 0 radical (unpaired) electrons. The summed E-state index contributed by atoms with van der Waals surface area (Å²) in [4.78, 5) is 15.2. The standard InChI is InChI=1S/C28H35N3O5S/c1-19-18-36-15-14-31(19)28(32)21-4-9-23(10-5-21)29-37(33,34)25-13-8-22-16-26(30(2)27(22)17-25)20-6-11-24(35-3)12-7-20/h6-8,11-13,16-17,19,21,23,29H,4-5,9-10,14-15,18H2,1-3H3/t19-,21-,23-/m0/s1. The summed E-state index contributed by atoms with van der Waals surface area (Å²) in [5, 5.41) is 0.976. The van der Waals surface area contributed by atoms with Crippen molar-refractivity contribution in [3.05, 3.63) is 48.5 Å². The smallest absolute Gasteiger partial charge is 0.240 e. The first-order valence-electron chi connectivity index (χ1n) is 12.9. The number of hydrogen-bond acceptors (Lipinski definition) is 5. The lowest BCUT2D eigenvalue weighted by molar-refractivity contribution is -0.144. The molecule has 2 aliphatic rings. The number of methoxy groups -OCH3 is 1. The van der Waals surface area contributed by atoms with Crippen LogP contribution < -0.4 is 9.46 Å². The number of hydrogen-bond donors (Lipinski definition) is 1. The average molecular weight is 526 g/mol. The van der Waals surface area contributed by atoms with Crippen LogP contribution in [0.3, 0.4) is 0 Å². The Kier molecular flexibility index (Phi) is 7.29. The second-order valence-electron chi connectivity index (χ2n) is 10.2. The zero-order valence-electron chi connectivity index (χ0n) is 21.6. The van der Waals surface area contributed by atoms with Crippen LogP contribution in [0.5, 0.6) is 5.75 Å². The number of ether oxygens (including phenoxy) is 2. The van der Waals surface area contributed by atoms with E-state index in [1.165, 1.54) is 0 Å². The lowest BCUT2D eigenvalue weighted by atomic mass is 9.85. The van der Waals surface area contributed by atoms with Crippen molar-refractivity contribution in [1.29, 1.82) is 0 Å². The van der Waals surface area contributed by atoms with Crippen LogP contribution >= 0.6 is 0 Å². The zero-order valence-corrected chi connectivity index (χ0v) is 22.5. The highest BCUT2D eigenvalue weighted by molar-refractivity contribution is 7.89. The van der Waals surface area contributed by atoms with Crippen molar-refractivity contribution in [1.82, 2.24) is 14.2 Å². The van der Waals surface area contributed by atoms with Crippen LogP contribution in [0.1, 0.15) is 32.6 Å². The molecule has 1 saturated carbocycles. The van der Waals surface area contributed by atoms with Crippen LogP contribution in [-0.2, 0) is 26.6 Å². The Hall–Kier alpha value is -2.88. The second-order valence-corrected chi connectivity index (χ2v) is 11.9. The van der Waals surface area contributed by atoms with Gasteiger partial charge in [0.25, 0.3) is 0 Å². The molecule has 1 atom stereocenters. The van der Waals surface area contributed by atoms with E-state index in [0.29, 0.717) is 45.4 Å². The highest BCUT2D eigenvalue weighted by Gasteiger charge is 2.34. The van der Waals surface area contributed by atoms with Gasteiger partial charge >= 0.3 is 0 Å². The molecule has 2 fully saturated rings. The number of amides is 1. The summed E-state index contributed by atoms with van der Waals surface area (Å²) in [6.07, 6.45) is 2.70. The predicted molar refractivity (Wildman–Crippen MR) is 143 cm³/mol. The molecule has 0 spiro atoms. The van der Waals surface area contributed by atoms with Gasteiger partial charge in [0.1, 0.15) is 5.75 Å². The molecule has 5 rings (SSSR count). The summed E-state index contributed by atoms with van der Waals surface area (Å²) in [5.74, 6) is 0.923. The Morgan fingerprint density at radius 2 is 1.78 bits per heavy atom. The van der Waals surface area contributed by atoms with Crippen LogP contribution in [0.15, 0.2) is 53.4 Å². The van der Waals surface area contributed by atoms with Gasteiger partial charge in [-0.3, -0.25) is 4.79 Å². The maximum Gasteiger partial charge on any atom is 0.240 e. The molecule has 0 unspecified atom stereocenters. The van der Waals surface area contributed by atoms with Crippen molar-refractivity contribution in [2.45, 2.75) is 49.6 Å². The molecule has 1 N–H and O–H groups in total. The fraction of sp³-hybridized carbons (Fsp3) is 0.464. The molecule has 3 aromatic rings. The molecule has 9 heteroatoms. The van der Waals surface area contributed by atoms with Gasteiger partial charge in [-0.2, -0.15) is 0 Å². The van der Waals surface area contributed by atoms with Crippen molar-refractivity contribution in [3.63, 3.8) is 0 Å². The monoisotopic (exact) mass is 525 g/mol. The van der Waals surface area contributed by atoms with Crippen LogP contribution in [0.4, 0.5) is 0 Å². The van der Waals surface area contributed by atoms with Crippen molar-refractivity contribution >= 4 is 26.8 Å². The van der Waals surface area contributed by atoms with Crippen molar-refractivity contribution in [2.24, 2.45) is 13.0 Å². The Morgan fingerprint density at radius 3 is 2.46 bits per heavy atom. The molecular weight excluding hydrogens is 490 g/mol. The van der Waals surface area contributed by atoms with Gasteiger partial charge in [-0.25, -0.2) is 13.1 Å². The predicted octanol–water partition coefficient (Wildman–Crippen LogP) is 3.94. The minimum absolute atomic E-state index is 0.0441. The van der Waals surface area contributed by atoms with Crippen molar-refractivity contribution in [2.75, 3.05) is 26.9 Å². The first-order valence-corrected chi connectivity index (χ1v) is 14.4. The van der Waals surface area contributed by atoms with Gasteiger partial charge in [0.2, 0.25) is 15.9 Å². The fourth-order valence-corrected chi connectivity index (χ4v) is 6.88. The third-order valence-electron chi connectivity index (χ3n) is 7.76. The number of nitrogens with zero attached hydrogens (tertiary/aromatic N) is 2. The largest absolute Gasteiger partial charge is 0.497 e. The van der Waals surface area contributed by atoms with Gasteiger partial charge in [0.05, 0.1) is 31.3 Å². The molecule has 0 bridgehead atoms. The molecule has 1 aliphatic carbocycles. The molecule has 2 heterocycles. The quantitative estimate of drug-likeness (QED) is 0.527. The lowest BCUT2D eigenvalue weighted by Gasteiger charge is -2.37. The lowest BCUT2D eigenvalue weighted by Crippen LogP contribution is -2.50. The van der Waals surface area contributed by atoms with Gasteiger partial charge in [-0.05, 0) is 80.6 Å². The van der Waals surface area contributed by atoms with E-state index >= 15 is 0 Å². The number of carbonyl (C=O) groups is 1. The third-order valence-corrected chi connectivity index (χ3v) is 9.28. The maximum absolute atomic E-state index is 13.3. The number of aromatic nitrogens is 1. The average Bonchev–Trinajstić information content (AvgIpc) is 3.24. The number of fused-ring (bicyclic) bond motifs is 1. The minimum Gasteiger partial charge on any atom is -0.497 e. The van der Waals surface area contributed by atoms with E-state index in [-0.39, 0.29) is 28.8 Å². The van der Waals surface area contributed by atoms with Crippen LogP contribution in [-0.4, -0.2) is 62.7 Å². The van der Waals surface area contributed by atoms with Crippen molar-refractivity contribution in [3.8, 4) is 17.0 Å². The van der Waals surface area contributed by atoms with E-state index in [0.717, 1.165) is 27.9 Å². The van der Waals surface area contributed by atoms with Gasteiger partial charge in [-0.1, -0.05) is 6.07 Å².